The Bertz CT molecular complexity index is 376. The van der Waals surface area contributed by atoms with Crippen molar-refractivity contribution in [2.75, 3.05) is 7.11 Å². The molecule has 1 rings (SSSR count). The van der Waals surface area contributed by atoms with Gasteiger partial charge in [0.1, 0.15) is 17.5 Å². The number of aliphatic hydroxyl groups excluding tert-OH is 1. The monoisotopic (exact) mass is 356 g/mol. The van der Waals surface area contributed by atoms with E-state index in [0.29, 0.717) is 10.2 Å². The molecule has 0 aromatic heterocycles. The van der Waals surface area contributed by atoms with Gasteiger partial charge in [0.05, 0.1) is 22.5 Å². The van der Waals surface area contributed by atoms with Gasteiger partial charge >= 0.3 is 5.97 Å². The number of aliphatic carboxylic acids is 1. The molecule has 0 aromatic carbocycles. The van der Waals surface area contributed by atoms with Crippen molar-refractivity contribution < 1.29 is 24.9 Å². The molecule has 0 unspecified atom stereocenters. The lowest BCUT2D eigenvalue weighted by atomic mass is 9.88. The summed E-state index contributed by atoms with van der Waals surface area (Å²) < 4.78 is 5.57. The van der Waals surface area contributed by atoms with Gasteiger partial charge in [-0.3, -0.25) is 4.79 Å². The molecule has 5 nitrogen and oxygen atoms in total. The van der Waals surface area contributed by atoms with E-state index in [0.717, 1.165) is 0 Å². The third-order valence-electron chi connectivity index (χ3n) is 2.16. The van der Waals surface area contributed by atoms with Gasteiger partial charge in [-0.25, -0.2) is 0 Å². The zero-order valence-electron chi connectivity index (χ0n) is 8.28. The van der Waals surface area contributed by atoms with Gasteiger partial charge in [-0.05, 0) is 37.9 Å². The number of carbonyl (C=O) groups is 1. The van der Waals surface area contributed by atoms with Crippen LogP contribution in [0, 0.1) is 0 Å². The number of allylic oxidation sites excluding steroid dienone is 1. The van der Waals surface area contributed by atoms with E-state index in [1.54, 1.807) is 0 Å². The van der Waals surface area contributed by atoms with E-state index >= 15 is 0 Å². The summed E-state index contributed by atoms with van der Waals surface area (Å²) in [6.45, 7) is 0. The molecule has 2 atom stereocenters. The van der Waals surface area contributed by atoms with Crippen LogP contribution in [-0.4, -0.2) is 40.1 Å². The largest absolute Gasteiger partial charge is 0.495 e. The standard InChI is InChI=1S/C9H10Br2O5/c1-16-7-4(10)2-9(15,3-5(12)13)8(14)6(7)11/h2,8,14-15H,3H2,1H3,(H,12,13)/t8-,9+/m0/s1. The number of ether oxygens (including phenoxy) is 1. The van der Waals surface area contributed by atoms with Crippen LogP contribution in [0.1, 0.15) is 6.42 Å². The zero-order chi connectivity index (χ0) is 12.5. The van der Waals surface area contributed by atoms with E-state index in [-0.39, 0.29) is 4.48 Å². The summed E-state index contributed by atoms with van der Waals surface area (Å²) in [5, 5.41) is 28.5. The van der Waals surface area contributed by atoms with Crippen LogP contribution in [-0.2, 0) is 9.53 Å². The summed E-state index contributed by atoms with van der Waals surface area (Å²) in [6.07, 6.45) is -0.759. The van der Waals surface area contributed by atoms with Gasteiger partial charge in [0, 0.05) is 0 Å². The van der Waals surface area contributed by atoms with Crippen molar-refractivity contribution >= 4 is 37.8 Å². The van der Waals surface area contributed by atoms with Crippen LogP contribution >= 0.6 is 31.9 Å². The number of carboxylic acids is 1. The molecular weight excluding hydrogens is 348 g/mol. The van der Waals surface area contributed by atoms with Crippen molar-refractivity contribution in [1.82, 2.24) is 0 Å². The maximum Gasteiger partial charge on any atom is 0.306 e. The van der Waals surface area contributed by atoms with Crippen LogP contribution in [0.3, 0.4) is 0 Å². The lowest BCUT2D eigenvalue weighted by Gasteiger charge is -2.33. The first-order valence-electron chi connectivity index (χ1n) is 4.26. The molecule has 0 aliphatic heterocycles. The Labute approximate surface area is 109 Å². The highest BCUT2D eigenvalue weighted by molar-refractivity contribution is 9.12. The summed E-state index contributed by atoms with van der Waals surface area (Å²) in [7, 11) is 1.40. The fraction of sp³-hybridized carbons (Fsp3) is 0.444. The number of hydrogen-bond acceptors (Lipinski definition) is 4. The van der Waals surface area contributed by atoms with Crippen molar-refractivity contribution in [3.63, 3.8) is 0 Å². The fourth-order valence-corrected chi connectivity index (χ4v) is 3.22. The second-order valence-corrected chi connectivity index (χ2v) is 5.05. The average Bonchev–Trinajstić information content (AvgIpc) is 2.14. The normalized spacial score (nSPS) is 30.1. The minimum absolute atomic E-state index is 0.202. The average molecular weight is 358 g/mol. The Hall–Kier alpha value is -0.370. The van der Waals surface area contributed by atoms with Crippen molar-refractivity contribution in [1.29, 1.82) is 0 Å². The summed E-state index contributed by atoms with van der Waals surface area (Å²) in [5.74, 6) is -0.887. The van der Waals surface area contributed by atoms with Crippen LogP contribution in [0.5, 0.6) is 0 Å². The van der Waals surface area contributed by atoms with Crippen molar-refractivity contribution in [3.05, 3.63) is 20.8 Å². The summed E-state index contributed by atoms with van der Waals surface area (Å²) in [6, 6.07) is 0. The fourth-order valence-electron chi connectivity index (χ4n) is 1.41. The lowest BCUT2D eigenvalue weighted by Crippen LogP contribution is -2.45. The molecule has 3 N–H and O–H groups in total. The maximum absolute atomic E-state index is 10.6. The Balaban J connectivity index is 3.13. The first-order valence-corrected chi connectivity index (χ1v) is 5.85. The highest BCUT2D eigenvalue weighted by Gasteiger charge is 2.42. The van der Waals surface area contributed by atoms with Gasteiger partial charge < -0.3 is 20.1 Å². The quantitative estimate of drug-likeness (QED) is 0.704. The predicted octanol–water partition coefficient (Wildman–Crippen LogP) is 1.10. The van der Waals surface area contributed by atoms with Crippen LogP contribution in [0.4, 0.5) is 0 Å². The number of halogens is 2. The molecule has 1 aliphatic carbocycles. The molecule has 0 bridgehead atoms. The Morgan fingerprint density at radius 3 is 2.62 bits per heavy atom. The summed E-state index contributed by atoms with van der Waals surface area (Å²) >= 11 is 6.20. The number of carboxylic acid groups (broad SMARTS) is 1. The molecule has 0 amide bonds. The summed E-state index contributed by atoms with van der Waals surface area (Å²) in [4.78, 5) is 10.6. The molecular formula is C9H10Br2O5. The van der Waals surface area contributed by atoms with E-state index in [2.05, 4.69) is 31.9 Å². The van der Waals surface area contributed by atoms with E-state index in [4.69, 9.17) is 9.84 Å². The van der Waals surface area contributed by atoms with Crippen LogP contribution in [0.2, 0.25) is 0 Å². The van der Waals surface area contributed by atoms with Gasteiger partial charge in [-0.1, -0.05) is 0 Å². The Morgan fingerprint density at radius 1 is 1.62 bits per heavy atom. The Morgan fingerprint density at radius 2 is 2.19 bits per heavy atom. The van der Waals surface area contributed by atoms with E-state index in [1.165, 1.54) is 13.2 Å². The first-order chi connectivity index (χ1) is 7.31. The SMILES string of the molecule is COC1=C(Br)[C@H](O)[C@](O)(CC(=O)O)C=C1Br. The van der Waals surface area contributed by atoms with Gasteiger partial charge in [0.2, 0.25) is 0 Å². The molecule has 0 heterocycles. The number of aliphatic hydroxyl groups is 2. The molecule has 16 heavy (non-hydrogen) atoms. The Kier molecular flexibility index (Phi) is 4.17. The van der Waals surface area contributed by atoms with Crippen molar-refractivity contribution in [2.45, 2.75) is 18.1 Å². The topological polar surface area (TPSA) is 87.0 Å². The first kappa shape index (κ1) is 13.7. The second-order valence-electron chi connectivity index (χ2n) is 3.34. The minimum Gasteiger partial charge on any atom is -0.495 e. The van der Waals surface area contributed by atoms with Gasteiger partial charge in [-0.15, -0.1) is 0 Å². The van der Waals surface area contributed by atoms with Gasteiger partial charge in [0.25, 0.3) is 0 Å². The number of hydrogen-bond donors (Lipinski definition) is 3. The highest BCUT2D eigenvalue weighted by atomic mass is 79.9. The van der Waals surface area contributed by atoms with E-state index in [1.807, 2.05) is 0 Å². The van der Waals surface area contributed by atoms with Crippen molar-refractivity contribution in [2.24, 2.45) is 0 Å². The molecule has 0 spiro atoms. The lowest BCUT2D eigenvalue weighted by molar-refractivity contribution is -0.143. The third-order valence-corrected chi connectivity index (χ3v) is 3.55. The van der Waals surface area contributed by atoms with Crippen LogP contribution in [0.25, 0.3) is 0 Å². The van der Waals surface area contributed by atoms with Crippen molar-refractivity contribution in [3.8, 4) is 0 Å². The zero-order valence-corrected chi connectivity index (χ0v) is 11.4. The molecule has 0 aromatic rings. The van der Waals surface area contributed by atoms with Crippen LogP contribution < -0.4 is 0 Å². The smallest absolute Gasteiger partial charge is 0.306 e. The minimum atomic E-state index is -1.86. The maximum atomic E-state index is 10.6. The molecule has 7 heteroatoms. The molecule has 0 radical (unpaired) electrons. The molecule has 0 saturated carbocycles. The summed E-state index contributed by atoms with van der Waals surface area (Å²) in [5.41, 5.74) is -1.86. The molecule has 1 aliphatic rings. The second kappa shape index (κ2) is 4.87. The number of methoxy groups -OCH3 is 1. The predicted molar refractivity (Wildman–Crippen MR) is 63.2 cm³/mol. The molecule has 90 valence electrons. The van der Waals surface area contributed by atoms with E-state index in [9.17, 15) is 15.0 Å². The third kappa shape index (κ3) is 2.48. The highest BCUT2D eigenvalue weighted by Crippen LogP contribution is 2.39. The van der Waals surface area contributed by atoms with Gasteiger partial charge in [-0.2, -0.15) is 0 Å². The molecule has 0 fully saturated rings. The van der Waals surface area contributed by atoms with E-state index < -0.39 is 24.1 Å². The van der Waals surface area contributed by atoms with Gasteiger partial charge in [0.15, 0.2) is 0 Å². The number of rotatable bonds is 3. The van der Waals surface area contributed by atoms with Crippen LogP contribution in [0.15, 0.2) is 20.8 Å². The molecule has 0 saturated heterocycles.